The standard InChI is InChI=1S/C12H13N3O2S/c1-8-2-4-9(5-3-8)15-12(13)10-6-18(16,17)7-11(10)14-15/h2-5H,6-7,13H2,1H3. The molecule has 3 rings (SSSR count). The van der Waals surface area contributed by atoms with Crippen LogP contribution in [0.25, 0.3) is 5.69 Å². The average molecular weight is 263 g/mol. The summed E-state index contributed by atoms with van der Waals surface area (Å²) in [7, 11) is -3.05. The fourth-order valence-electron chi connectivity index (χ4n) is 2.15. The Hall–Kier alpha value is -1.82. The molecule has 0 saturated heterocycles. The van der Waals surface area contributed by atoms with Crippen molar-refractivity contribution in [3.05, 3.63) is 41.1 Å². The van der Waals surface area contributed by atoms with Gasteiger partial charge in [-0.15, -0.1) is 0 Å². The zero-order valence-corrected chi connectivity index (χ0v) is 10.7. The van der Waals surface area contributed by atoms with E-state index in [1.807, 2.05) is 31.2 Å². The number of anilines is 1. The molecule has 0 saturated carbocycles. The second-order valence-corrected chi connectivity index (χ2v) is 6.65. The zero-order valence-electron chi connectivity index (χ0n) is 9.92. The van der Waals surface area contributed by atoms with Crippen LogP contribution in [0.4, 0.5) is 5.82 Å². The first-order chi connectivity index (χ1) is 8.46. The lowest BCUT2D eigenvalue weighted by atomic mass is 10.2. The molecule has 2 N–H and O–H groups in total. The van der Waals surface area contributed by atoms with E-state index in [0.29, 0.717) is 17.1 Å². The minimum absolute atomic E-state index is 0.0000278. The lowest BCUT2D eigenvalue weighted by Gasteiger charge is -2.05. The van der Waals surface area contributed by atoms with Gasteiger partial charge in [-0.3, -0.25) is 0 Å². The molecule has 18 heavy (non-hydrogen) atoms. The molecule has 1 aromatic carbocycles. The van der Waals surface area contributed by atoms with Gasteiger partial charge in [-0.25, -0.2) is 13.1 Å². The summed E-state index contributed by atoms with van der Waals surface area (Å²) in [5.41, 5.74) is 9.21. The molecule has 94 valence electrons. The predicted molar refractivity (Wildman–Crippen MR) is 69.0 cm³/mol. The SMILES string of the molecule is Cc1ccc(-n2nc3c(c2N)CS(=O)(=O)C3)cc1. The Morgan fingerprint density at radius 1 is 1.22 bits per heavy atom. The highest BCUT2D eigenvalue weighted by atomic mass is 32.2. The smallest absolute Gasteiger partial charge is 0.160 e. The highest BCUT2D eigenvalue weighted by Crippen LogP contribution is 2.30. The van der Waals surface area contributed by atoms with Crippen LogP contribution in [0.5, 0.6) is 0 Å². The van der Waals surface area contributed by atoms with Crippen LogP contribution >= 0.6 is 0 Å². The normalized spacial score (nSPS) is 16.7. The molecule has 0 fully saturated rings. The van der Waals surface area contributed by atoms with Crippen molar-refractivity contribution in [1.82, 2.24) is 9.78 Å². The molecule has 0 spiro atoms. The lowest BCUT2D eigenvalue weighted by molar-refractivity contribution is 0.597. The van der Waals surface area contributed by atoms with E-state index in [0.717, 1.165) is 11.3 Å². The number of aryl methyl sites for hydroxylation is 1. The third-order valence-electron chi connectivity index (χ3n) is 3.11. The van der Waals surface area contributed by atoms with Crippen LogP contribution in [0.2, 0.25) is 0 Å². The minimum atomic E-state index is -3.05. The molecule has 2 heterocycles. The molecular weight excluding hydrogens is 250 g/mol. The number of aromatic nitrogens is 2. The van der Waals surface area contributed by atoms with Gasteiger partial charge < -0.3 is 5.73 Å². The van der Waals surface area contributed by atoms with Crippen LogP contribution < -0.4 is 5.73 Å². The zero-order chi connectivity index (χ0) is 12.9. The van der Waals surface area contributed by atoms with Crippen molar-refractivity contribution in [2.75, 3.05) is 5.73 Å². The third-order valence-corrected chi connectivity index (χ3v) is 4.55. The Kier molecular flexibility index (Phi) is 2.25. The van der Waals surface area contributed by atoms with Gasteiger partial charge in [0.15, 0.2) is 9.84 Å². The Bertz CT molecular complexity index is 715. The second-order valence-electron chi connectivity index (χ2n) is 4.59. The maximum absolute atomic E-state index is 11.5. The van der Waals surface area contributed by atoms with Crippen LogP contribution in [0, 0.1) is 6.92 Å². The molecule has 6 heteroatoms. The Morgan fingerprint density at radius 2 is 1.89 bits per heavy atom. The molecule has 0 aliphatic carbocycles. The maximum Gasteiger partial charge on any atom is 0.160 e. The summed E-state index contributed by atoms with van der Waals surface area (Å²) in [5.74, 6) is 0.417. The first-order valence-corrected chi connectivity index (χ1v) is 7.42. The van der Waals surface area contributed by atoms with E-state index in [1.165, 1.54) is 0 Å². The van der Waals surface area contributed by atoms with E-state index in [9.17, 15) is 8.42 Å². The molecule has 2 aromatic rings. The monoisotopic (exact) mass is 263 g/mol. The molecule has 0 atom stereocenters. The van der Waals surface area contributed by atoms with Gasteiger partial charge >= 0.3 is 0 Å². The van der Waals surface area contributed by atoms with Gasteiger partial charge in [-0.1, -0.05) is 17.7 Å². The largest absolute Gasteiger partial charge is 0.383 e. The molecule has 1 aromatic heterocycles. The number of rotatable bonds is 1. The van der Waals surface area contributed by atoms with Gasteiger partial charge in [-0.2, -0.15) is 5.10 Å². The number of nitrogens with two attached hydrogens (primary N) is 1. The van der Waals surface area contributed by atoms with Crippen LogP contribution in [0.1, 0.15) is 16.8 Å². The van der Waals surface area contributed by atoms with Crippen LogP contribution in [-0.4, -0.2) is 18.2 Å². The number of sulfone groups is 1. The van der Waals surface area contributed by atoms with Crippen LogP contribution in [-0.2, 0) is 21.3 Å². The Balaban J connectivity index is 2.10. The molecule has 0 radical (unpaired) electrons. The fraction of sp³-hybridized carbons (Fsp3) is 0.250. The minimum Gasteiger partial charge on any atom is -0.383 e. The number of fused-ring (bicyclic) bond motifs is 1. The first kappa shape index (κ1) is 11.3. The summed E-state index contributed by atoms with van der Waals surface area (Å²) in [6.07, 6.45) is 0. The summed E-state index contributed by atoms with van der Waals surface area (Å²) in [6, 6.07) is 7.78. The van der Waals surface area contributed by atoms with Crippen LogP contribution in [0.3, 0.4) is 0 Å². The molecule has 0 amide bonds. The van der Waals surface area contributed by atoms with E-state index in [4.69, 9.17) is 5.73 Å². The summed E-state index contributed by atoms with van der Waals surface area (Å²) in [4.78, 5) is 0. The molecule has 0 unspecified atom stereocenters. The number of nitrogens with zero attached hydrogens (tertiary/aromatic N) is 2. The van der Waals surface area contributed by atoms with Crippen molar-refractivity contribution in [3.63, 3.8) is 0 Å². The van der Waals surface area contributed by atoms with Crippen LogP contribution in [0.15, 0.2) is 24.3 Å². The molecule has 1 aliphatic rings. The highest BCUT2D eigenvalue weighted by Gasteiger charge is 2.31. The number of hydrogen-bond acceptors (Lipinski definition) is 4. The topological polar surface area (TPSA) is 78.0 Å². The van der Waals surface area contributed by atoms with Crippen molar-refractivity contribution >= 4 is 15.7 Å². The fourth-order valence-corrected chi connectivity index (χ4v) is 3.65. The van der Waals surface area contributed by atoms with Gasteiger partial charge in [-0.05, 0) is 19.1 Å². The highest BCUT2D eigenvalue weighted by molar-refractivity contribution is 7.90. The van der Waals surface area contributed by atoms with E-state index in [1.54, 1.807) is 4.68 Å². The summed E-state index contributed by atoms with van der Waals surface area (Å²) >= 11 is 0. The van der Waals surface area contributed by atoms with Gasteiger partial charge in [0.25, 0.3) is 0 Å². The number of nitrogen functional groups attached to an aromatic ring is 1. The molecule has 5 nitrogen and oxygen atoms in total. The maximum atomic E-state index is 11.5. The van der Waals surface area contributed by atoms with Gasteiger partial charge in [0, 0.05) is 5.56 Å². The summed E-state index contributed by atoms with van der Waals surface area (Å²) in [6.45, 7) is 2.00. The molecular formula is C12H13N3O2S. The average Bonchev–Trinajstić information content (AvgIpc) is 2.75. The lowest BCUT2D eigenvalue weighted by Crippen LogP contribution is -2.06. The van der Waals surface area contributed by atoms with Gasteiger partial charge in [0.05, 0.1) is 22.9 Å². The molecule has 0 bridgehead atoms. The van der Waals surface area contributed by atoms with Crippen molar-refractivity contribution in [1.29, 1.82) is 0 Å². The van der Waals surface area contributed by atoms with E-state index in [-0.39, 0.29) is 11.5 Å². The predicted octanol–water partition coefficient (Wildman–Crippen LogP) is 1.19. The Labute approximate surface area is 105 Å². The number of benzene rings is 1. The first-order valence-electron chi connectivity index (χ1n) is 5.60. The second kappa shape index (κ2) is 3.58. The third kappa shape index (κ3) is 1.69. The van der Waals surface area contributed by atoms with Crippen molar-refractivity contribution in [3.8, 4) is 5.69 Å². The summed E-state index contributed by atoms with van der Waals surface area (Å²) < 4.78 is 24.6. The van der Waals surface area contributed by atoms with Crippen molar-refractivity contribution in [2.24, 2.45) is 0 Å². The quantitative estimate of drug-likeness (QED) is 0.838. The van der Waals surface area contributed by atoms with Crippen molar-refractivity contribution in [2.45, 2.75) is 18.4 Å². The number of hydrogen-bond donors (Lipinski definition) is 1. The van der Waals surface area contributed by atoms with E-state index >= 15 is 0 Å². The molecule has 1 aliphatic heterocycles. The van der Waals surface area contributed by atoms with Gasteiger partial charge in [0.1, 0.15) is 5.82 Å². The van der Waals surface area contributed by atoms with Crippen molar-refractivity contribution < 1.29 is 8.42 Å². The van der Waals surface area contributed by atoms with E-state index in [2.05, 4.69) is 5.10 Å². The summed E-state index contributed by atoms with van der Waals surface area (Å²) in [5, 5.41) is 4.30. The van der Waals surface area contributed by atoms with E-state index < -0.39 is 9.84 Å². The van der Waals surface area contributed by atoms with Gasteiger partial charge in [0.2, 0.25) is 0 Å². The Morgan fingerprint density at radius 3 is 2.50 bits per heavy atom.